The number of amides is 2. The fraction of sp³-hybridized carbons (Fsp3) is 0.520. The molecule has 0 bridgehead atoms. The van der Waals surface area contributed by atoms with Crippen molar-refractivity contribution in [2.24, 2.45) is 5.92 Å². The molecule has 32 heavy (non-hydrogen) atoms. The number of carbonyl (C=O) groups excluding carboxylic acids is 2. The van der Waals surface area contributed by atoms with Crippen LogP contribution in [0.1, 0.15) is 53.7 Å². The van der Waals surface area contributed by atoms with Gasteiger partial charge in [0.1, 0.15) is 5.75 Å². The third-order valence-electron chi connectivity index (χ3n) is 6.50. The van der Waals surface area contributed by atoms with Gasteiger partial charge in [0.2, 0.25) is 5.91 Å². The number of benzene rings is 1. The summed E-state index contributed by atoms with van der Waals surface area (Å²) in [5.74, 6) is 1.44. The van der Waals surface area contributed by atoms with Crippen molar-refractivity contribution in [3.8, 4) is 5.75 Å². The zero-order valence-corrected chi connectivity index (χ0v) is 18.8. The van der Waals surface area contributed by atoms with E-state index in [1.54, 1.807) is 23.5 Å². The highest BCUT2D eigenvalue weighted by atomic mass is 16.5. The zero-order valence-electron chi connectivity index (χ0n) is 18.8. The Balaban J connectivity index is 1.31. The van der Waals surface area contributed by atoms with Crippen LogP contribution in [0.3, 0.4) is 0 Å². The van der Waals surface area contributed by atoms with Gasteiger partial charge in [-0.25, -0.2) is 0 Å². The van der Waals surface area contributed by atoms with Crippen molar-refractivity contribution in [3.63, 3.8) is 0 Å². The van der Waals surface area contributed by atoms with Crippen molar-refractivity contribution in [1.29, 1.82) is 0 Å². The summed E-state index contributed by atoms with van der Waals surface area (Å²) in [5.41, 5.74) is 2.36. The lowest BCUT2D eigenvalue weighted by molar-refractivity contribution is -0.132. The largest absolute Gasteiger partial charge is 0.493 e. The quantitative estimate of drug-likeness (QED) is 0.695. The molecule has 2 fully saturated rings. The Hall–Kier alpha value is -2.96. The summed E-state index contributed by atoms with van der Waals surface area (Å²) in [7, 11) is 0. The van der Waals surface area contributed by atoms with E-state index in [4.69, 9.17) is 4.74 Å². The van der Waals surface area contributed by atoms with Crippen LogP contribution in [-0.2, 0) is 11.2 Å². The van der Waals surface area contributed by atoms with Gasteiger partial charge in [-0.2, -0.15) is 0 Å². The predicted molar refractivity (Wildman–Crippen MR) is 121 cm³/mol. The minimum atomic E-state index is -0.00598. The monoisotopic (exact) mass is 436 g/mol. The second-order valence-corrected chi connectivity index (χ2v) is 8.84. The molecule has 0 spiro atoms. The number of hydrogen-bond acceptors (Lipinski definition) is 5. The number of rotatable bonds is 6. The maximum absolute atomic E-state index is 13.1. The van der Waals surface area contributed by atoms with E-state index in [0.29, 0.717) is 43.4 Å². The van der Waals surface area contributed by atoms with Gasteiger partial charge in [0, 0.05) is 50.3 Å². The van der Waals surface area contributed by atoms with Gasteiger partial charge in [0.25, 0.3) is 5.91 Å². The van der Waals surface area contributed by atoms with Crippen LogP contribution in [0.4, 0.5) is 0 Å². The Kier molecular flexibility index (Phi) is 7.35. The Labute approximate surface area is 189 Å². The van der Waals surface area contributed by atoms with Crippen LogP contribution in [0.2, 0.25) is 0 Å². The molecule has 2 heterocycles. The van der Waals surface area contributed by atoms with E-state index >= 15 is 0 Å². The second-order valence-electron chi connectivity index (χ2n) is 8.84. The number of carbonyl (C=O) groups is 2. The average molecular weight is 437 g/mol. The smallest absolute Gasteiger partial charge is 0.254 e. The molecule has 1 aliphatic carbocycles. The highest BCUT2D eigenvalue weighted by Crippen LogP contribution is 2.27. The molecule has 7 heteroatoms. The molecule has 1 aromatic heterocycles. The number of ether oxygens (including phenoxy) is 1. The highest BCUT2D eigenvalue weighted by Gasteiger charge is 2.25. The third-order valence-corrected chi connectivity index (χ3v) is 6.50. The molecule has 0 unspecified atom stereocenters. The topological polar surface area (TPSA) is 75.6 Å². The van der Waals surface area contributed by atoms with E-state index in [2.05, 4.69) is 9.97 Å². The van der Waals surface area contributed by atoms with Gasteiger partial charge in [-0.1, -0.05) is 25.3 Å². The molecule has 0 N–H and O–H groups in total. The lowest BCUT2D eigenvalue weighted by Crippen LogP contribution is -2.51. The molecule has 2 aliphatic rings. The first-order valence-corrected chi connectivity index (χ1v) is 11.7. The Bertz CT molecular complexity index is 920. The Morgan fingerprint density at radius 3 is 2.50 bits per heavy atom. The minimum absolute atomic E-state index is 0.00598. The summed E-state index contributed by atoms with van der Waals surface area (Å²) in [6.07, 6.45) is 11.4. The van der Waals surface area contributed by atoms with Crippen LogP contribution >= 0.6 is 0 Å². The molecule has 7 nitrogen and oxygen atoms in total. The van der Waals surface area contributed by atoms with Gasteiger partial charge >= 0.3 is 0 Å². The van der Waals surface area contributed by atoms with Crippen LogP contribution in [0.25, 0.3) is 0 Å². The third kappa shape index (κ3) is 5.64. The molecule has 0 atom stereocenters. The maximum atomic E-state index is 13.1. The molecule has 2 aromatic rings. The van der Waals surface area contributed by atoms with Crippen LogP contribution in [0.5, 0.6) is 5.75 Å². The summed E-state index contributed by atoms with van der Waals surface area (Å²) < 4.78 is 6.12. The van der Waals surface area contributed by atoms with E-state index in [0.717, 1.165) is 17.9 Å². The van der Waals surface area contributed by atoms with Crippen LogP contribution in [0.15, 0.2) is 36.8 Å². The summed E-state index contributed by atoms with van der Waals surface area (Å²) in [5, 5.41) is 0. The molecular formula is C25H32N4O3. The molecule has 2 amide bonds. The Morgan fingerprint density at radius 1 is 1.03 bits per heavy atom. The van der Waals surface area contributed by atoms with Crippen molar-refractivity contribution in [1.82, 2.24) is 19.8 Å². The van der Waals surface area contributed by atoms with Crippen LogP contribution in [0, 0.1) is 12.8 Å². The average Bonchev–Trinajstić information content (AvgIpc) is 2.84. The highest BCUT2D eigenvalue weighted by molar-refractivity contribution is 5.95. The first-order valence-electron chi connectivity index (χ1n) is 11.7. The Morgan fingerprint density at radius 2 is 1.78 bits per heavy atom. The zero-order chi connectivity index (χ0) is 22.3. The van der Waals surface area contributed by atoms with Crippen molar-refractivity contribution in [3.05, 3.63) is 53.6 Å². The lowest BCUT2D eigenvalue weighted by Gasteiger charge is -2.35. The lowest BCUT2D eigenvalue weighted by atomic mass is 9.90. The first kappa shape index (κ1) is 22.2. The molecule has 1 aromatic carbocycles. The van der Waals surface area contributed by atoms with Crippen molar-refractivity contribution < 1.29 is 14.3 Å². The van der Waals surface area contributed by atoms with Gasteiger partial charge < -0.3 is 14.5 Å². The predicted octanol–water partition coefficient (Wildman–Crippen LogP) is 3.27. The van der Waals surface area contributed by atoms with E-state index in [1.165, 1.54) is 32.1 Å². The van der Waals surface area contributed by atoms with Gasteiger partial charge in [-0.05, 0) is 43.4 Å². The summed E-state index contributed by atoms with van der Waals surface area (Å²) in [4.78, 5) is 37.4. The normalized spacial score (nSPS) is 17.3. The maximum Gasteiger partial charge on any atom is 0.254 e. The van der Waals surface area contributed by atoms with Crippen molar-refractivity contribution in [2.75, 3.05) is 32.8 Å². The van der Waals surface area contributed by atoms with E-state index in [9.17, 15) is 9.59 Å². The van der Waals surface area contributed by atoms with Crippen LogP contribution < -0.4 is 4.74 Å². The first-order chi connectivity index (χ1) is 15.6. The van der Waals surface area contributed by atoms with Gasteiger partial charge in [-0.15, -0.1) is 0 Å². The van der Waals surface area contributed by atoms with Gasteiger partial charge in [0.15, 0.2) is 0 Å². The SMILES string of the molecule is Cc1ccc(C(=O)N2CCN(C(=O)Cc3cnccn3)CC2)cc1OCC1CCCCC1. The van der Waals surface area contributed by atoms with Gasteiger partial charge in [0.05, 0.1) is 18.7 Å². The number of nitrogens with zero attached hydrogens (tertiary/aromatic N) is 4. The van der Waals surface area contributed by atoms with Crippen LogP contribution in [-0.4, -0.2) is 64.4 Å². The second kappa shape index (κ2) is 10.6. The summed E-state index contributed by atoms with van der Waals surface area (Å²) >= 11 is 0. The molecule has 170 valence electrons. The minimum Gasteiger partial charge on any atom is -0.493 e. The summed E-state index contributed by atoms with van der Waals surface area (Å²) in [6.45, 7) is 4.86. The van der Waals surface area contributed by atoms with Crippen molar-refractivity contribution >= 4 is 11.8 Å². The fourth-order valence-electron chi connectivity index (χ4n) is 4.48. The molecule has 4 rings (SSSR count). The molecule has 1 saturated heterocycles. The number of piperazine rings is 1. The molecule has 1 saturated carbocycles. The van der Waals surface area contributed by atoms with E-state index in [1.807, 2.05) is 30.0 Å². The summed E-state index contributed by atoms with van der Waals surface area (Å²) in [6, 6.07) is 5.72. The van der Waals surface area contributed by atoms with E-state index in [-0.39, 0.29) is 18.2 Å². The standard InChI is InChI=1S/C25H32N4O3/c1-19-7-8-21(15-23(19)32-18-20-5-3-2-4-6-20)25(31)29-13-11-28(12-14-29)24(30)16-22-17-26-9-10-27-22/h7-10,15,17,20H,2-6,11-14,16,18H2,1H3. The number of aromatic nitrogens is 2. The van der Waals surface area contributed by atoms with Crippen molar-refractivity contribution in [2.45, 2.75) is 45.4 Å². The number of aryl methyl sites for hydroxylation is 1. The fourth-order valence-corrected chi connectivity index (χ4v) is 4.48. The van der Waals surface area contributed by atoms with Gasteiger partial charge in [-0.3, -0.25) is 19.6 Å². The number of hydrogen-bond donors (Lipinski definition) is 0. The van der Waals surface area contributed by atoms with E-state index < -0.39 is 0 Å². The molecule has 1 aliphatic heterocycles. The molecular weight excluding hydrogens is 404 g/mol. The molecule has 0 radical (unpaired) electrons.